The molecule has 0 bridgehead atoms. The molecule has 5 nitrogen and oxygen atoms in total. The van der Waals surface area contributed by atoms with Gasteiger partial charge in [0.2, 0.25) is 0 Å². The van der Waals surface area contributed by atoms with Crippen molar-refractivity contribution in [1.29, 1.82) is 0 Å². The molecule has 4 aromatic rings. The van der Waals surface area contributed by atoms with Crippen LogP contribution < -0.4 is 5.56 Å². The first-order valence-electron chi connectivity index (χ1n) is 9.16. The Balaban J connectivity index is 1.64. The Labute approximate surface area is 161 Å². The van der Waals surface area contributed by atoms with Crippen molar-refractivity contribution in [2.75, 3.05) is 0 Å². The van der Waals surface area contributed by atoms with Gasteiger partial charge in [0, 0.05) is 6.42 Å². The summed E-state index contributed by atoms with van der Waals surface area (Å²) in [6.07, 6.45) is 0.134. The molecule has 3 aromatic carbocycles. The molecule has 28 heavy (non-hydrogen) atoms. The third-order valence-electron chi connectivity index (χ3n) is 4.88. The van der Waals surface area contributed by atoms with Crippen LogP contribution in [0.15, 0.2) is 94.9 Å². The topological polar surface area (TPSA) is 56.5 Å². The first-order valence-corrected chi connectivity index (χ1v) is 9.16. The number of nitrogens with zero attached hydrogens (tertiary/aromatic N) is 3. The zero-order chi connectivity index (χ0) is 18.9. The largest absolute Gasteiger partial charge is 0.384 e. The molecule has 1 aliphatic rings. The summed E-state index contributed by atoms with van der Waals surface area (Å²) in [6, 6.07) is 26.8. The van der Waals surface area contributed by atoms with Gasteiger partial charge in [-0.2, -0.15) is 0 Å². The number of rotatable bonds is 3. The monoisotopic (exact) mass is 367 g/mol. The minimum absolute atomic E-state index is 0.108. The summed E-state index contributed by atoms with van der Waals surface area (Å²) < 4.78 is 1.64. The quantitative estimate of drug-likeness (QED) is 0.544. The van der Waals surface area contributed by atoms with Crippen LogP contribution in [0.4, 0.5) is 0 Å². The second kappa shape index (κ2) is 6.78. The molecule has 0 N–H and O–H groups in total. The van der Waals surface area contributed by atoms with Crippen molar-refractivity contribution in [1.82, 2.24) is 9.55 Å². The molecular formula is C23H17N3O2. The van der Waals surface area contributed by atoms with Crippen LogP contribution in [0.2, 0.25) is 0 Å². The molecule has 1 unspecified atom stereocenters. The summed E-state index contributed by atoms with van der Waals surface area (Å²) in [6.45, 7) is 0. The summed E-state index contributed by atoms with van der Waals surface area (Å²) in [4.78, 5) is 23.8. The fourth-order valence-corrected chi connectivity index (χ4v) is 3.51. The van der Waals surface area contributed by atoms with Gasteiger partial charge >= 0.3 is 0 Å². The molecule has 0 spiro atoms. The molecule has 0 saturated carbocycles. The number of hydrogen-bond donors (Lipinski definition) is 0. The molecule has 2 heterocycles. The molecule has 0 radical (unpaired) electrons. The molecule has 1 aromatic heterocycles. The normalized spacial score (nSPS) is 16.0. The highest BCUT2D eigenvalue weighted by Crippen LogP contribution is 2.30. The average molecular weight is 367 g/mol. The van der Waals surface area contributed by atoms with Gasteiger partial charge in [-0.1, -0.05) is 65.8 Å². The van der Waals surface area contributed by atoms with Gasteiger partial charge in [-0.05, 0) is 29.8 Å². The predicted molar refractivity (Wildman–Crippen MR) is 109 cm³/mol. The maximum Gasteiger partial charge on any atom is 0.266 e. The Hall–Kier alpha value is -3.73. The van der Waals surface area contributed by atoms with E-state index in [1.807, 2.05) is 78.9 Å². The van der Waals surface area contributed by atoms with Crippen molar-refractivity contribution in [3.05, 3.63) is 107 Å². The van der Waals surface area contributed by atoms with Crippen molar-refractivity contribution in [3.8, 4) is 5.69 Å². The van der Waals surface area contributed by atoms with Gasteiger partial charge in [0.25, 0.3) is 5.56 Å². The third-order valence-corrected chi connectivity index (χ3v) is 4.88. The molecule has 0 amide bonds. The summed E-state index contributed by atoms with van der Waals surface area (Å²) >= 11 is 0. The van der Waals surface area contributed by atoms with Crippen molar-refractivity contribution in [2.24, 2.45) is 5.16 Å². The molecule has 1 atom stereocenters. The van der Waals surface area contributed by atoms with Gasteiger partial charge in [0.1, 0.15) is 0 Å². The second-order valence-electron chi connectivity index (χ2n) is 6.67. The summed E-state index contributed by atoms with van der Waals surface area (Å²) in [5.41, 5.74) is 3.18. The van der Waals surface area contributed by atoms with E-state index in [9.17, 15) is 4.79 Å². The summed E-state index contributed by atoms with van der Waals surface area (Å²) in [7, 11) is 0. The van der Waals surface area contributed by atoms with Gasteiger partial charge in [0.15, 0.2) is 11.9 Å². The lowest BCUT2D eigenvalue weighted by molar-refractivity contribution is 0.0774. The maximum absolute atomic E-state index is 13.3. The van der Waals surface area contributed by atoms with Crippen LogP contribution in [0.3, 0.4) is 0 Å². The van der Waals surface area contributed by atoms with Gasteiger partial charge in [-0.3, -0.25) is 9.36 Å². The Morgan fingerprint density at radius 3 is 2.32 bits per heavy atom. The molecule has 0 saturated heterocycles. The van der Waals surface area contributed by atoms with E-state index in [4.69, 9.17) is 9.82 Å². The van der Waals surface area contributed by atoms with E-state index in [2.05, 4.69) is 5.16 Å². The summed E-state index contributed by atoms with van der Waals surface area (Å²) in [5.74, 6) is 0.560. The number of aromatic nitrogens is 2. The van der Waals surface area contributed by atoms with E-state index in [1.54, 1.807) is 10.6 Å². The van der Waals surface area contributed by atoms with Crippen molar-refractivity contribution in [2.45, 2.75) is 12.5 Å². The summed E-state index contributed by atoms with van der Waals surface area (Å²) in [5, 5.41) is 4.85. The molecular weight excluding hydrogens is 350 g/mol. The molecule has 5 rings (SSSR count). The van der Waals surface area contributed by atoms with Gasteiger partial charge < -0.3 is 4.84 Å². The highest BCUT2D eigenvalue weighted by molar-refractivity contribution is 6.01. The Morgan fingerprint density at radius 1 is 0.857 bits per heavy atom. The number of hydrogen-bond acceptors (Lipinski definition) is 4. The smallest absolute Gasteiger partial charge is 0.266 e. The zero-order valence-electron chi connectivity index (χ0n) is 15.0. The number of fused-ring (bicyclic) bond motifs is 1. The third kappa shape index (κ3) is 2.77. The van der Waals surface area contributed by atoms with E-state index < -0.39 is 6.10 Å². The van der Waals surface area contributed by atoms with Crippen molar-refractivity contribution in [3.63, 3.8) is 0 Å². The van der Waals surface area contributed by atoms with Crippen LogP contribution in [0.1, 0.15) is 23.9 Å². The highest BCUT2D eigenvalue weighted by atomic mass is 16.6. The van der Waals surface area contributed by atoms with E-state index in [0.717, 1.165) is 17.0 Å². The Kier molecular flexibility index (Phi) is 3.98. The average Bonchev–Trinajstić information content (AvgIpc) is 3.25. The fourth-order valence-electron chi connectivity index (χ4n) is 3.51. The van der Waals surface area contributed by atoms with E-state index in [1.165, 1.54) is 0 Å². The zero-order valence-corrected chi connectivity index (χ0v) is 15.0. The van der Waals surface area contributed by atoms with E-state index in [-0.39, 0.29) is 5.56 Å². The maximum atomic E-state index is 13.3. The molecule has 5 heteroatoms. The first kappa shape index (κ1) is 16.4. The Morgan fingerprint density at radius 2 is 1.54 bits per heavy atom. The van der Waals surface area contributed by atoms with E-state index >= 15 is 0 Å². The van der Waals surface area contributed by atoms with E-state index in [0.29, 0.717) is 23.1 Å². The van der Waals surface area contributed by atoms with Gasteiger partial charge in [-0.15, -0.1) is 0 Å². The van der Waals surface area contributed by atoms with Crippen molar-refractivity contribution >= 4 is 16.6 Å². The van der Waals surface area contributed by atoms with Crippen LogP contribution in [0, 0.1) is 0 Å². The minimum atomic E-state index is -0.423. The first-order chi connectivity index (χ1) is 13.8. The molecule has 1 aliphatic heterocycles. The molecule has 0 fully saturated rings. The minimum Gasteiger partial charge on any atom is -0.384 e. The van der Waals surface area contributed by atoms with Crippen molar-refractivity contribution < 1.29 is 4.84 Å². The fraction of sp³-hybridized carbons (Fsp3) is 0.0870. The predicted octanol–water partition coefficient (Wildman–Crippen LogP) is 4.25. The molecule has 136 valence electrons. The molecule has 0 aliphatic carbocycles. The van der Waals surface area contributed by atoms with Crippen LogP contribution in [0.5, 0.6) is 0 Å². The number of benzene rings is 3. The lowest BCUT2D eigenvalue weighted by Gasteiger charge is -2.16. The van der Waals surface area contributed by atoms with Crippen LogP contribution in [-0.4, -0.2) is 15.3 Å². The van der Waals surface area contributed by atoms with Crippen LogP contribution >= 0.6 is 0 Å². The standard InChI is InChI=1S/C23H17N3O2/c27-23-18-13-7-8-14-19(18)24-22(26(23)17-11-5-2-6-12-17)21-15-20(25-28-21)16-9-3-1-4-10-16/h1-14,21H,15H2. The van der Waals surface area contributed by atoms with Crippen LogP contribution in [0.25, 0.3) is 16.6 Å². The van der Waals surface area contributed by atoms with Gasteiger partial charge in [-0.25, -0.2) is 4.98 Å². The number of oxime groups is 1. The SMILES string of the molecule is O=c1c2ccccc2nc(C2CC(c3ccccc3)=NO2)n1-c1ccccc1. The van der Waals surface area contributed by atoms with Gasteiger partial charge in [0.05, 0.1) is 22.3 Å². The van der Waals surface area contributed by atoms with Crippen LogP contribution in [-0.2, 0) is 4.84 Å². The lowest BCUT2D eigenvalue weighted by atomic mass is 10.0. The lowest BCUT2D eigenvalue weighted by Crippen LogP contribution is -2.26. The Bertz CT molecular complexity index is 1230. The highest BCUT2D eigenvalue weighted by Gasteiger charge is 2.29. The number of para-hydroxylation sites is 2. The second-order valence-corrected chi connectivity index (χ2v) is 6.67.